The Kier molecular flexibility index (Phi) is 9.21. The Morgan fingerprint density at radius 3 is 2.40 bits per heavy atom. The number of hydrogen-bond donors (Lipinski definition) is 3. The van der Waals surface area contributed by atoms with E-state index in [1.54, 1.807) is 79.9 Å². The molecule has 0 saturated carbocycles. The number of nitrogens with zero attached hydrogens (tertiary/aromatic N) is 1. The molecule has 0 unspecified atom stereocenters. The number of hydrogen-bond acceptors (Lipinski definition) is 6. The number of anilines is 1. The van der Waals surface area contributed by atoms with Gasteiger partial charge < -0.3 is 20.1 Å². The SMILES string of the molecule is COc1ccc(CNC(=O)C(=O)N/N=C\c2cccc(OCC(=O)Nc3ccc(Cl)cc3)c2)cc1. The molecule has 0 aliphatic carbocycles. The third-order valence-corrected chi connectivity index (χ3v) is 4.81. The van der Waals surface area contributed by atoms with Gasteiger partial charge >= 0.3 is 11.8 Å². The number of methoxy groups -OCH3 is 1. The van der Waals surface area contributed by atoms with Crippen molar-refractivity contribution in [3.05, 3.63) is 88.9 Å². The van der Waals surface area contributed by atoms with E-state index in [4.69, 9.17) is 21.1 Å². The van der Waals surface area contributed by atoms with Crippen LogP contribution in [0.2, 0.25) is 5.02 Å². The van der Waals surface area contributed by atoms with E-state index in [0.29, 0.717) is 27.8 Å². The van der Waals surface area contributed by atoms with Crippen LogP contribution < -0.4 is 25.5 Å². The van der Waals surface area contributed by atoms with Crippen LogP contribution in [-0.4, -0.2) is 37.7 Å². The van der Waals surface area contributed by atoms with Crippen LogP contribution in [-0.2, 0) is 20.9 Å². The average Bonchev–Trinajstić information content (AvgIpc) is 2.88. The first-order valence-corrected chi connectivity index (χ1v) is 10.8. The van der Waals surface area contributed by atoms with Crippen LogP contribution in [0.15, 0.2) is 77.9 Å². The minimum Gasteiger partial charge on any atom is -0.497 e. The highest BCUT2D eigenvalue weighted by Gasteiger charge is 2.12. The summed E-state index contributed by atoms with van der Waals surface area (Å²) >= 11 is 5.82. The average molecular weight is 495 g/mol. The van der Waals surface area contributed by atoms with Gasteiger partial charge in [-0.1, -0.05) is 35.9 Å². The minimum absolute atomic E-state index is 0.185. The molecule has 3 rings (SSSR count). The Hall–Kier alpha value is -4.37. The molecule has 3 N–H and O–H groups in total. The van der Waals surface area contributed by atoms with E-state index in [1.807, 2.05) is 0 Å². The number of amides is 3. The van der Waals surface area contributed by atoms with Gasteiger partial charge in [0.15, 0.2) is 6.61 Å². The molecule has 0 fully saturated rings. The first kappa shape index (κ1) is 25.3. The fourth-order valence-corrected chi connectivity index (χ4v) is 2.91. The second-order valence-electron chi connectivity index (χ2n) is 7.15. The van der Waals surface area contributed by atoms with Crippen molar-refractivity contribution in [3.8, 4) is 11.5 Å². The van der Waals surface area contributed by atoms with E-state index in [9.17, 15) is 14.4 Å². The molecule has 0 heterocycles. The standard InChI is InChI=1S/C25H23ClN4O5/c1-34-21-11-5-17(6-12-21)14-27-24(32)25(33)30-28-15-18-3-2-4-22(13-18)35-16-23(31)29-20-9-7-19(26)8-10-20/h2-13,15H,14,16H2,1H3,(H,27,32)(H,29,31)(H,30,33)/b28-15-. The smallest absolute Gasteiger partial charge is 0.329 e. The number of halogens is 1. The Labute approximate surface area is 207 Å². The number of carbonyl (C=O) groups excluding carboxylic acids is 3. The van der Waals surface area contributed by atoms with Gasteiger partial charge in [0.25, 0.3) is 5.91 Å². The van der Waals surface area contributed by atoms with Crippen LogP contribution in [0, 0.1) is 0 Å². The molecule has 35 heavy (non-hydrogen) atoms. The van der Waals surface area contributed by atoms with Gasteiger partial charge in [0.2, 0.25) is 0 Å². The van der Waals surface area contributed by atoms with Crippen molar-refractivity contribution in [2.24, 2.45) is 5.10 Å². The summed E-state index contributed by atoms with van der Waals surface area (Å²) in [7, 11) is 1.56. The zero-order chi connectivity index (χ0) is 25.0. The van der Waals surface area contributed by atoms with Gasteiger partial charge in [0, 0.05) is 17.3 Å². The van der Waals surface area contributed by atoms with Gasteiger partial charge in [-0.3, -0.25) is 14.4 Å². The molecule has 10 heteroatoms. The zero-order valence-corrected chi connectivity index (χ0v) is 19.5. The highest BCUT2D eigenvalue weighted by molar-refractivity contribution is 6.35. The van der Waals surface area contributed by atoms with Crippen molar-refractivity contribution < 1.29 is 23.9 Å². The molecule has 9 nitrogen and oxygen atoms in total. The number of hydrazone groups is 1. The summed E-state index contributed by atoms with van der Waals surface area (Å²) in [5.74, 6) is -0.923. The summed E-state index contributed by atoms with van der Waals surface area (Å²) in [4.78, 5) is 35.9. The minimum atomic E-state index is -0.902. The largest absolute Gasteiger partial charge is 0.497 e. The summed E-state index contributed by atoms with van der Waals surface area (Å²) in [6.45, 7) is -0.0146. The molecule has 0 aliphatic rings. The molecule has 0 radical (unpaired) electrons. The summed E-state index contributed by atoms with van der Waals surface area (Å²) in [5, 5.41) is 9.57. The Bertz CT molecular complexity index is 1200. The molecule has 0 spiro atoms. The van der Waals surface area contributed by atoms with Crippen LogP contribution in [0.3, 0.4) is 0 Å². The number of benzene rings is 3. The summed E-state index contributed by atoms with van der Waals surface area (Å²) in [6, 6.07) is 20.5. The van der Waals surface area contributed by atoms with Crippen LogP contribution in [0.5, 0.6) is 11.5 Å². The Morgan fingerprint density at radius 2 is 1.69 bits per heavy atom. The molecule has 180 valence electrons. The van der Waals surface area contributed by atoms with Crippen molar-refractivity contribution in [2.45, 2.75) is 6.54 Å². The monoisotopic (exact) mass is 494 g/mol. The van der Waals surface area contributed by atoms with Crippen LogP contribution in [0.4, 0.5) is 5.69 Å². The van der Waals surface area contributed by atoms with Crippen molar-refractivity contribution in [2.75, 3.05) is 19.0 Å². The molecule has 0 atom stereocenters. The van der Waals surface area contributed by atoms with Gasteiger partial charge in [-0.2, -0.15) is 5.10 Å². The first-order valence-electron chi connectivity index (χ1n) is 10.5. The van der Waals surface area contributed by atoms with Crippen molar-refractivity contribution in [1.29, 1.82) is 0 Å². The van der Waals surface area contributed by atoms with E-state index in [0.717, 1.165) is 5.56 Å². The van der Waals surface area contributed by atoms with Crippen LogP contribution in [0.25, 0.3) is 0 Å². The molecule has 3 aromatic rings. The second kappa shape index (κ2) is 12.8. The van der Waals surface area contributed by atoms with E-state index in [1.165, 1.54) is 6.21 Å². The fourth-order valence-electron chi connectivity index (χ4n) is 2.79. The van der Waals surface area contributed by atoms with E-state index >= 15 is 0 Å². The van der Waals surface area contributed by atoms with Gasteiger partial charge in [0.05, 0.1) is 13.3 Å². The molecule has 0 aliphatic heterocycles. The maximum absolute atomic E-state index is 12.1. The molecule has 0 bridgehead atoms. The lowest BCUT2D eigenvalue weighted by Gasteiger charge is -2.08. The quantitative estimate of drug-likeness (QED) is 0.240. The molecule has 3 aromatic carbocycles. The van der Waals surface area contributed by atoms with Gasteiger partial charge in [-0.25, -0.2) is 5.43 Å². The van der Waals surface area contributed by atoms with E-state index in [2.05, 4.69) is 21.2 Å². The summed E-state index contributed by atoms with van der Waals surface area (Å²) < 4.78 is 10.6. The lowest BCUT2D eigenvalue weighted by molar-refractivity contribution is -0.139. The maximum atomic E-state index is 12.1. The topological polar surface area (TPSA) is 118 Å². The summed E-state index contributed by atoms with van der Waals surface area (Å²) in [6.07, 6.45) is 1.36. The normalized spacial score (nSPS) is 10.5. The predicted octanol–water partition coefficient (Wildman–Crippen LogP) is 3.13. The predicted molar refractivity (Wildman–Crippen MR) is 133 cm³/mol. The van der Waals surface area contributed by atoms with Gasteiger partial charge in [-0.05, 0) is 59.7 Å². The number of ether oxygens (including phenoxy) is 2. The number of carbonyl (C=O) groups is 3. The molecular formula is C25H23ClN4O5. The fraction of sp³-hybridized carbons (Fsp3) is 0.120. The third-order valence-electron chi connectivity index (χ3n) is 4.55. The highest BCUT2D eigenvalue weighted by atomic mass is 35.5. The number of nitrogens with one attached hydrogen (secondary N) is 3. The van der Waals surface area contributed by atoms with E-state index in [-0.39, 0.29) is 19.1 Å². The van der Waals surface area contributed by atoms with E-state index < -0.39 is 11.8 Å². The lowest BCUT2D eigenvalue weighted by Crippen LogP contribution is -2.37. The van der Waals surface area contributed by atoms with Crippen molar-refractivity contribution in [3.63, 3.8) is 0 Å². The molecular weight excluding hydrogens is 472 g/mol. The lowest BCUT2D eigenvalue weighted by atomic mass is 10.2. The highest BCUT2D eigenvalue weighted by Crippen LogP contribution is 2.15. The second-order valence-corrected chi connectivity index (χ2v) is 7.58. The van der Waals surface area contributed by atoms with Crippen LogP contribution in [0.1, 0.15) is 11.1 Å². The zero-order valence-electron chi connectivity index (χ0n) is 18.8. The summed E-state index contributed by atoms with van der Waals surface area (Å²) in [5.41, 5.74) is 4.19. The molecule has 0 aromatic heterocycles. The Morgan fingerprint density at radius 1 is 0.943 bits per heavy atom. The van der Waals surface area contributed by atoms with Gasteiger partial charge in [0.1, 0.15) is 11.5 Å². The first-order chi connectivity index (χ1) is 16.9. The Balaban J connectivity index is 1.43. The third kappa shape index (κ3) is 8.49. The van der Waals surface area contributed by atoms with Crippen LogP contribution >= 0.6 is 11.6 Å². The van der Waals surface area contributed by atoms with Crippen molar-refractivity contribution >= 4 is 41.2 Å². The molecule has 3 amide bonds. The van der Waals surface area contributed by atoms with Crippen molar-refractivity contribution in [1.82, 2.24) is 10.7 Å². The maximum Gasteiger partial charge on any atom is 0.329 e. The number of rotatable bonds is 9. The van der Waals surface area contributed by atoms with Gasteiger partial charge in [-0.15, -0.1) is 0 Å². The molecule has 0 saturated heterocycles.